The van der Waals surface area contributed by atoms with Crippen LogP contribution in [-0.2, 0) is 16.0 Å². The van der Waals surface area contributed by atoms with Gasteiger partial charge < -0.3 is 20.3 Å². The molecule has 0 saturated carbocycles. The van der Waals surface area contributed by atoms with E-state index in [1.165, 1.54) is 11.1 Å². The molecule has 1 unspecified atom stereocenters. The fourth-order valence-corrected chi connectivity index (χ4v) is 4.28. The summed E-state index contributed by atoms with van der Waals surface area (Å²) in [5.74, 6) is 0.707. The number of ether oxygens (including phenoxy) is 1. The van der Waals surface area contributed by atoms with Gasteiger partial charge in [-0.05, 0) is 48.6 Å². The van der Waals surface area contributed by atoms with Gasteiger partial charge in [-0.25, -0.2) is 0 Å². The Kier molecular flexibility index (Phi) is 5.90. The van der Waals surface area contributed by atoms with Crippen LogP contribution in [0.15, 0.2) is 42.5 Å². The Morgan fingerprint density at radius 3 is 2.77 bits per heavy atom. The SMILES string of the molecule is CC(C)(C)C(=O)N1CCOc2ccc(NCC(=O)NC3CCCc4ccccc43)cc21. The quantitative estimate of drug-likeness (QED) is 0.781. The van der Waals surface area contributed by atoms with Crippen molar-refractivity contribution < 1.29 is 14.3 Å². The molecule has 2 aromatic rings. The highest BCUT2D eigenvalue weighted by atomic mass is 16.5. The summed E-state index contributed by atoms with van der Waals surface area (Å²) < 4.78 is 5.73. The third kappa shape index (κ3) is 4.68. The Morgan fingerprint density at radius 2 is 1.97 bits per heavy atom. The molecule has 31 heavy (non-hydrogen) atoms. The second kappa shape index (κ2) is 8.61. The molecule has 1 aliphatic heterocycles. The largest absolute Gasteiger partial charge is 0.490 e. The van der Waals surface area contributed by atoms with Crippen molar-refractivity contribution >= 4 is 23.2 Å². The lowest BCUT2D eigenvalue weighted by molar-refractivity contribution is -0.126. The Labute approximate surface area is 184 Å². The van der Waals surface area contributed by atoms with Gasteiger partial charge in [0.05, 0.1) is 24.8 Å². The number of nitrogens with one attached hydrogen (secondary N) is 2. The highest BCUT2D eigenvalue weighted by molar-refractivity contribution is 5.99. The predicted molar refractivity (Wildman–Crippen MR) is 122 cm³/mol. The Balaban J connectivity index is 1.42. The second-order valence-corrected chi connectivity index (χ2v) is 9.30. The van der Waals surface area contributed by atoms with E-state index in [0.29, 0.717) is 18.9 Å². The van der Waals surface area contributed by atoms with E-state index in [4.69, 9.17) is 4.74 Å². The molecule has 2 aromatic carbocycles. The number of anilines is 2. The summed E-state index contributed by atoms with van der Waals surface area (Å²) in [7, 11) is 0. The zero-order valence-electron chi connectivity index (χ0n) is 18.5. The van der Waals surface area contributed by atoms with Gasteiger partial charge in [0.15, 0.2) is 0 Å². The van der Waals surface area contributed by atoms with Crippen LogP contribution in [0.25, 0.3) is 0 Å². The van der Waals surface area contributed by atoms with Gasteiger partial charge >= 0.3 is 0 Å². The van der Waals surface area contributed by atoms with Crippen LogP contribution in [0.3, 0.4) is 0 Å². The van der Waals surface area contributed by atoms with E-state index in [2.05, 4.69) is 28.8 Å². The fraction of sp³-hybridized carbons (Fsp3) is 0.440. The topological polar surface area (TPSA) is 70.7 Å². The number of rotatable bonds is 4. The highest BCUT2D eigenvalue weighted by Crippen LogP contribution is 2.36. The van der Waals surface area contributed by atoms with Gasteiger partial charge in [-0.1, -0.05) is 45.0 Å². The number of benzene rings is 2. The van der Waals surface area contributed by atoms with E-state index >= 15 is 0 Å². The number of carbonyl (C=O) groups excluding carboxylic acids is 2. The number of aryl methyl sites for hydroxylation is 1. The van der Waals surface area contributed by atoms with E-state index in [9.17, 15) is 9.59 Å². The molecule has 1 heterocycles. The van der Waals surface area contributed by atoms with Crippen LogP contribution < -0.4 is 20.3 Å². The van der Waals surface area contributed by atoms with Crippen molar-refractivity contribution in [2.45, 2.75) is 46.1 Å². The summed E-state index contributed by atoms with van der Waals surface area (Å²) in [6, 6.07) is 14.0. The monoisotopic (exact) mass is 421 g/mol. The van der Waals surface area contributed by atoms with Crippen LogP contribution >= 0.6 is 0 Å². The molecular formula is C25H31N3O3. The van der Waals surface area contributed by atoms with Crippen molar-refractivity contribution in [2.75, 3.05) is 29.9 Å². The zero-order valence-corrected chi connectivity index (χ0v) is 18.5. The van der Waals surface area contributed by atoms with Crippen molar-refractivity contribution in [2.24, 2.45) is 5.41 Å². The van der Waals surface area contributed by atoms with Crippen molar-refractivity contribution in [1.82, 2.24) is 5.32 Å². The number of nitrogens with zero attached hydrogens (tertiary/aromatic N) is 1. The molecule has 0 fully saturated rings. The minimum atomic E-state index is -0.478. The summed E-state index contributed by atoms with van der Waals surface area (Å²) in [6.45, 7) is 6.92. The molecule has 0 bridgehead atoms. The first-order valence-corrected chi connectivity index (χ1v) is 11.0. The summed E-state index contributed by atoms with van der Waals surface area (Å²) in [6.07, 6.45) is 3.11. The van der Waals surface area contributed by atoms with Gasteiger partial charge in [-0.3, -0.25) is 9.59 Å². The van der Waals surface area contributed by atoms with Crippen LogP contribution in [0, 0.1) is 5.41 Å². The first-order valence-electron chi connectivity index (χ1n) is 11.0. The molecule has 6 nitrogen and oxygen atoms in total. The van der Waals surface area contributed by atoms with E-state index < -0.39 is 5.41 Å². The van der Waals surface area contributed by atoms with Gasteiger partial charge in [-0.15, -0.1) is 0 Å². The Bertz CT molecular complexity index is 980. The first kappa shape index (κ1) is 21.2. The number of hydrogen-bond acceptors (Lipinski definition) is 4. The number of fused-ring (bicyclic) bond motifs is 2. The molecule has 6 heteroatoms. The molecule has 164 valence electrons. The lowest BCUT2D eigenvalue weighted by Crippen LogP contribution is -2.44. The third-order valence-electron chi connectivity index (χ3n) is 5.87. The summed E-state index contributed by atoms with van der Waals surface area (Å²) in [5, 5.41) is 6.36. The van der Waals surface area contributed by atoms with Crippen molar-refractivity contribution in [3.8, 4) is 5.75 Å². The summed E-state index contributed by atoms with van der Waals surface area (Å²) in [5.41, 5.74) is 3.61. The smallest absolute Gasteiger partial charge is 0.239 e. The Morgan fingerprint density at radius 1 is 1.16 bits per heavy atom. The average Bonchev–Trinajstić information content (AvgIpc) is 2.76. The second-order valence-electron chi connectivity index (χ2n) is 9.30. The maximum atomic E-state index is 12.9. The molecule has 1 atom stereocenters. The number of carbonyl (C=O) groups is 2. The molecule has 0 aromatic heterocycles. The normalized spacial score (nSPS) is 17.8. The summed E-state index contributed by atoms with van der Waals surface area (Å²) >= 11 is 0. The van der Waals surface area contributed by atoms with Gasteiger partial charge in [0.2, 0.25) is 11.8 Å². The third-order valence-corrected chi connectivity index (χ3v) is 5.87. The molecule has 0 spiro atoms. The van der Waals surface area contributed by atoms with E-state index in [1.807, 2.05) is 45.0 Å². The van der Waals surface area contributed by atoms with Crippen LogP contribution in [0.1, 0.15) is 50.8 Å². The lowest BCUT2D eigenvalue weighted by atomic mass is 9.88. The van der Waals surface area contributed by atoms with Crippen LogP contribution in [0.4, 0.5) is 11.4 Å². The van der Waals surface area contributed by atoms with Crippen LogP contribution in [0.2, 0.25) is 0 Å². The van der Waals surface area contributed by atoms with Gasteiger partial charge in [0.25, 0.3) is 0 Å². The average molecular weight is 422 g/mol. The minimum Gasteiger partial charge on any atom is -0.490 e. The fourth-order valence-electron chi connectivity index (χ4n) is 4.28. The van der Waals surface area contributed by atoms with Crippen molar-refractivity contribution in [1.29, 1.82) is 0 Å². The van der Waals surface area contributed by atoms with E-state index in [1.54, 1.807) is 4.90 Å². The maximum Gasteiger partial charge on any atom is 0.239 e. The zero-order chi connectivity index (χ0) is 22.0. The molecule has 4 rings (SSSR count). The van der Waals surface area contributed by atoms with E-state index in [0.717, 1.165) is 30.6 Å². The van der Waals surface area contributed by atoms with E-state index in [-0.39, 0.29) is 24.4 Å². The van der Waals surface area contributed by atoms with Crippen LogP contribution in [0.5, 0.6) is 5.75 Å². The van der Waals surface area contributed by atoms with Crippen molar-refractivity contribution in [3.63, 3.8) is 0 Å². The molecule has 1 aliphatic carbocycles. The molecule has 2 N–H and O–H groups in total. The lowest BCUT2D eigenvalue weighted by Gasteiger charge is -2.34. The minimum absolute atomic E-state index is 0.0432. The molecular weight excluding hydrogens is 390 g/mol. The molecule has 0 radical (unpaired) electrons. The summed E-state index contributed by atoms with van der Waals surface area (Å²) in [4.78, 5) is 27.3. The molecule has 0 saturated heterocycles. The molecule has 2 amide bonds. The number of amides is 2. The van der Waals surface area contributed by atoms with Gasteiger partial charge in [0, 0.05) is 11.1 Å². The first-order chi connectivity index (χ1) is 14.8. The maximum absolute atomic E-state index is 12.9. The highest BCUT2D eigenvalue weighted by Gasteiger charge is 2.32. The Hall–Kier alpha value is -3.02. The molecule has 2 aliphatic rings. The van der Waals surface area contributed by atoms with Crippen LogP contribution in [-0.4, -0.2) is 31.5 Å². The van der Waals surface area contributed by atoms with Gasteiger partial charge in [-0.2, -0.15) is 0 Å². The van der Waals surface area contributed by atoms with Crippen molar-refractivity contribution in [3.05, 3.63) is 53.6 Å². The van der Waals surface area contributed by atoms with Gasteiger partial charge in [0.1, 0.15) is 12.4 Å². The predicted octanol–water partition coefficient (Wildman–Crippen LogP) is 4.06. The standard InChI is InChI=1S/C25H31N3O3/c1-25(2,3)24(30)28-13-14-31-22-12-11-18(15-21(22)28)26-16-23(29)27-20-10-6-8-17-7-4-5-9-19(17)20/h4-5,7,9,11-12,15,20,26H,6,8,10,13-14,16H2,1-3H3,(H,27,29). The number of hydrogen-bond donors (Lipinski definition) is 2.